The normalized spacial score (nSPS) is 11.4. The Morgan fingerprint density at radius 2 is 2.35 bits per heavy atom. The van der Waals surface area contributed by atoms with Crippen LogP contribution in [0.4, 0.5) is 0 Å². The molecule has 1 rings (SSSR count). The molecule has 0 atom stereocenters. The van der Waals surface area contributed by atoms with E-state index in [2.05, 4.69) is 4.98 Å². The van der Waals surface area contributed by atoms with Crippen LogP contribution >= 0.6 is 0 Å². The third-order valence-corrected chi connectivity index (χ3v) is 2.09. The molecule has 0 aliphatic carbocycles. The second-order valence-electron chi connectivity index (χ2n) is 3.47. The van der Waals surface area contributed by atoms with E-state index in [1.54, 1.807) is 18.2 Å². The fraction of sp³-hybridized carbons (Fsp3) is 0.154. The second kappa shape index (κ2) is 6.23. The van der Waals surface area contributed by atoms with Gasteiger partial charge in [0.2, 0.25) is 0 Å². The minimum absolute atomic E-state index is 0.341. The SMILES string of the molecule is C/C=C\C=C(\N)CC(=N)c1ccc(C#N)cn1. The van der Waals surface area contributed by atoms with Crippen LogP contribution in [-0.2, 0) is 0 Å². The molecule has 0 amide bonds. The molecule has 86 valence electrons. The van der Waals surface area contributed by atoms with Crippen LogP contribution in [0.25, 0.3) is 0 Å². The summed E-state index contributed by atoms with van der Waals surface area (Å²) < 4.78 is 0. The van der Waals surface area contributed by atoms with Gasteiger partial charge in [-0.25, -0.2) is 0 Å². The van der Waals surface area contributed by atoms with Gasteiger partial charge in [-0.05, 0) is 25.1 Å². The van der Waals surface area contributed by atoms with Crippen molar-refractivity contribution in [2.75, 3.05) is 0 Å². The number of nitriles is 1. The first-order valence-electron chi connectivity index (χ1n) is 5.18. The summed E-state index contributed by atoms with van der Waals surface area (Å²) in [6.07, 6.45) is 7.27. The Balaban J connectivity index is 2.73. The predicted octanol–water partition coefficient (Wildman–Crippen LogP) is 2.13. The van der Waals surface area contributed by atoms with Crippen LogP contribution in [0, 0.1) is 16.7 Å². The van der Waals surface area contributed by atoms with Gasteiger partial charge in [-0.1, -0.05) is 12.2 Å². The van der Waals surface area contributed by atoms with Crippen LogP contribution in [0.5, 0.6) is 0 Å². The third kappa shape index (κ3) is 3.92. The molecule has 0 aromatic carbocycles. The number of rotatable bonds is 4. The van der Waals surface area contributed by atoms with Gasteiger partial charge in [-0.15, -0.1) is 0 Å². The predicted molar refractivity (Wildman–Crippen MR) is 67.5 cm³/mol. The van der Waals surface area contributed by atoms with Gasteiger partial charge >= 0.3 is 0 Å². The van der Waals surface area contributed by atoms with Gasteiger partial charge in [0.05, 0.1) is 17.0 Å². The topological polar surface area (TPSA) is 86.5 Å². The van der Waals surface area contributed by atoms with Crippen molar-refractivity contribution in [2.24, 2.45) is 5.73 Å². The molecular formula is C13H14N4. The molecular weight excluding hydrogens is 212 g/mol. The molecule has 1 aromatic heterocycles. The fourth-order valence-corrected chi connectivity index (χ4v) is 1.21. The van der Waals surface area contributed by atoms with Crippen molar-refractivity contribution in [3.05, 3.63) is 53.5 Å². The average Bonchev–Trinajstić information content (AvgIpc) is 2.36. The van der Waals surface area contributed by atoms with E-state index in [-0.39, 0.29) is 0 Å². The molecule has 0 bridgehead atoms. The third-order valence-electron chi connectivity index (χ3n) is 2.09. The number of hydrogen-bond donors (Lipinski definition) is 2. The Morgan fingerprint density at radius 3 is 2.88 bits per heavy atom. The van der Waals surface area contributed by atoms with E-state index in [1.165, 1.54) is 6.20 Å². The van der Waals surface area contributed by atoms with Gasteiger partial charge < -0.3 is 11.1 Å². The zero-order valence-corrected chi connectivity index (χ0v) is 9.64. The van der Waals surface area contributed by atoms with Crippen molar-refractivity contribution in [3.8, 4) is 6.07 Å². The molecule has 0 unspecified atom stereocenters. The fourth-order valence-electron chi connectivity index (χ4n) is 1.21. The Kier molecular flexibility index (Phi) is 4.64. The molecule has 1 heterocycles. The van der Waals surface area contributed by atoms with E-state index in [0.717, 1.165) is 0 Å². The molecule has 0 aliphatic rings. The lowest BCUT2D eigenvalue weighted by Crippen LogP contribution is -2.08. The van der Waals surface area contributed by atoms with Crippen molar-refractivity contribution in [1.82, 2.24) is 4.98 Å². The van der Waals surface area contributed by atoms with Crippen LogP contribution in [-0.4, -0.2) is 10.7 Å². The minimum atomic E-state index is 0.341. The molecule has 0 saturated heterocycles. The van der Waals surface area contributed by atoms with Gasteiger partial charge in [0.25, 0.3) is 0 Å². The highest BCUT2D eigenvalue weighted by atomic mass is 14.7. The van der Waals surface area contributed by atoms with Crippen LogP contribution < -0.4 is 5.73 Å². The second-order valence-corrected chi connectivity index (χ2v) is 3.47. The Morgan fingerprint density at radius 1 is 1.59 bits per heavy atom. The number of nitrogens with zero attached hydrogens (tertiary/aromatic N) is 2. The van der Waals surface area contributed by atoms with Gasteiger partial charge in [-0.2, -0.15) is 5.26 Å². The largest absolute Gasteiger partial charge is 0.402 e. The standard InChI is InChI=1S/C13H14N4/c1-2-3-4-11(15)7-12(16)13-6-5-10(8-14)9-17-13/h2-6,9,16H,7,15H2,1H3/b3-2-,11-4+,16-12?. The maximum absolute atomic E-state index is 8.63. The molecule has 1 aromatic rings. The first kappa shape index (κ1) is 12.7. The van der Waals surface area contributed by atoms with Crippen LogP contribution in [0.2, 0.25) is 0 Å². The van der Waals surface area contributed by atoms with Crippen LogP contribution in [0.3, 0.4) is 0 Å². The van der Waals surface area contributed by atoms with Gasteiger partial charge in [0.15, 0.2) is 0 Å². The number of pyridine rings is 1. The van der Waals surface area contributed by atoms with E-state index >= 15 is 0 Å². The minimum Gasteiger partial charge on any atom is -0.402 e. The lowest BCUT2D eigenvalue weighted by atomic mass is 10.1. The molecule has 0 fully saturated rings. The first-order valence-corrected chi connectivity index (χ1v) is 5.18. The van der Waals surface area contributed by atoms with E-state index in [1.807, 2.05) is 25.1 Å². The molecule has 4 heteroatoms. The number of aromatic nitrogens is 1. The van der Waals surface area contributed by atoms with E-state index in [0.29, 0.717) is 29.1 Å². The summed E-state index contributed by atoms with van der Waals surface area (Å²) in [4.78, 5) is 4.03. The smallest absolute Gasteiger partial charge is 0.101 e. The molecule has 0 spiro atoms. The summed E-state index contributed by atoms with van der Waals surface area (Å²) in [5, 5.41) is 16.5. The highest BCUT2D eigenvalue weighted by Crippen LogP contribution is 2.05. The van der Waals surface area contributed by atoms with Gasteiger partial charge in [0.1, 0.15) is 6.07 Å². The van der Waals surface area contributed by atoms with E-state index in [9.17, 15) is 0 Å². The van der Waals surface area contributed by atoms with Gasteiger partial charge in [0, 0.05) is 18.3 Å². The highest BCUT2D eigenvalue weighted by Gasteiger charge is 2.04. The molecule has 3 N–H and O–H groups in total. The molecule has 4 nitrogen and oxygen atoms in total. The molecule has 0 saturated carbocycles. The zero-order chi connectivity index (χ0) is 12.7. The number of hydrogen-bond acceptors (Lipinski definition) is 4. The Hall–Kier alpha value is -2.41. The van der Waals surface area contributed by atoms with Crippen LogP contribution in [0.1, 0.15) is 24.6 Å². The number of allylic oxidation sites excluding steroid dienone is 4. The number of nitrogens with one attached hydrogen (secondary N) is 1. The summed E-state index contributed by atoms with van der Waals surface area (Å²) in [7, 11) is 0. The zero-order valence-electron chi connectivity index (χ0n) is 9.64. The Labute approximate surface area is 101 Å². The van der Waals surface area contributed by atoms with Crippen molar-refractivity contribution >= 4 is 5.71 Å². The van der Waals surface area contributed by atoms with Crippen molar-refractivity contribution in [2.45, 2.75) is 13.3 Å². The van der Waals surface area contributed by atoms with Crippen molar-refractivity contribution in [3.63, 3.8) is 0 Å². The quantitative estimate of drug-likeness (QED) is 0.609. The van der Waals surface area contributed by atoms with Crippen molar-refractivity contribution < 1.29 is 0 Å². The summed E-state index contributed by atoms with van der Waals surface area (Å²) in [6.45, 7) is 1.90. The molecule has 0 radical (unpaired) electrons. The molecule has 0 aliphatic heterocycles. The summed E-state index contributed by atoms with van der Waals surface area (Å²) in [5.74, 6) is 0. The van der Waals surface area contributed by atoms with Crippen molar-refractivity contribution in [1.29, 1.82) is 10.7 Å². The lowest BCUT2D eigenvalue weighted by molar-refractivity contribution is 1.15. The summed E-state index contributed by atoms with van der Waals surface area (Å²) in [5.41, 5.74) is 7.72. The highest BCUT2D eigenvalue weighted by molar-refractivity contribution is 5.97. The Bertz CT molecular complexity index is 489. The summed E-state index contributed by atoms with van der Waals surface area (Å²) in [6, 6.07) is 5.28. The van der Waals surface area contributed by atoms with Crippen LogP contribution in [0.15, 0.2) is 42.3 Å². The van der Waals surface area contributed by atoms with Gasteiger partial charge in [-0.3, -0.25) is 4.98 Å². The van der Waals surface area contributed by atoms with E-state index < -0.39 is 0 Å². The molecule has 17 heavy (non-hydrogen) atoms. The monoisotopic (exact) mass is 226 g/mol. The lowest BCUT2D eigenvalue weighted by Gasteiger charge is -2.03. The maximum atomic E-state index is 8.63. The van der Waals surface area contributed by atoms with E-state index in [4.69, 9.17) is 16.4 Å². The average molecular weight is 226 g/mol. The summed E-state index contributed by atoms with van der Waals surface area (Å²) >= 11 is 0. The number of nitrogens with two attached hydrogens (primary N) is 1. The first-order chi connectivity index (χ1) is 8.17. The maximum Gasteiger partial charge on any atom is 0.101 e.